The van der Waals surface area contributed by atoms with Crippen molar-refractivity contribution in [2.45, 2.75) is 32.4 Å². The third-order valence-corrected chi connectivity index (χ3v) is 1.59. The number of nitrogens with one attached hydrogen (secondary N) is 1. The van der Waals surface area contributed by atoms with Gasteiger partial charge in [-0.3, -0.25) is 4.79 Å². The molecule has 0 amide bonds. The summed E-state index contributed by atoms with van der Waals surface area (Å²) in [4.78, 5) is 11.3. The highest BCUT2D eigenvalue weighted by Gasteiger charge is 2.22. The maximum absolute atomic E-state index is 11.3. The number of carbonyl (C=O) groups is 1. The molecule has 0 saturated carbocycles. The second-order valence-electron chi connectivity index (χ2n) is 3.56. The van der Waals surface area contributed by atoms with Crippen molar-refractivity contribution in [3.63, 3.8) is 0 Å². The highest BCUT2D eigenvalue weighted by Crippen LogP contribution is 2.08. The second kappa shape index (κ2) is 6.51. The molecule has 0 fully saturated rings. The predicted molar refractivity (Wildman–Crippen MR) is 59.8 cm³/mol. The third kappa shape index (κ3) is 7.16. The third-order valence-electron chi connectivity index (χ3n) is 1.22. The molecule has 0 bridgehead atoms. The standard InChI is InChI=1S/C8H17NO2S.ClH/c1-8(2,3)11-7(10)6(5-12)9-4;/h6,9,12H,5H2,1-4H3;1H/t6-;/m1./s1. The lowest BCUT2D eigenvalue weighted by Crippen LogP contribution is -2.40. The normalized spacial score (nSPS) is 13.0. The Bertz CT molecular complexity index is 155. The van der Waals surface area contributed by atoms with E-state index >= 15 is 0 Å². The fourth-order valence-corrected chi connectivity index (χ4v) is 0.988. The molecule has 0 radical (unpaired) electrons. The van der Waals surface area contributed by atoms with Crippen molar-refractivity contribution in [1.82, 2.24) is 5.32 Å². The summed E-state index contributed by atoms with van der Waals surface area (Å²) in [5, 5.41) is 2.82. The van der Waals surface area contributed by atoms with Gasteiger partial charge in [0.15, 0.2) is 0 Å². The molecule has 13 heavy (non-hydrogen) atoms. The smallest absolute Gasteiger partial charge is 0.324 e. The van der Waals surface area contributed by atoms with E-state index in [-0.39, 0.29) is 24.4 Å². The summed E-state index contributed by atoms with van der Waals surface area (Å²) in [6.07, 6.45) is 0. The molecule has 1 N–H and O–H groups in total. The quantitative estimate of drug-likeness (QED) is 0.564. The van der Waals surface area contributed by atoms with E-state index in [1.54, 1.807) is 7.05 Å². The van der Waals surface area contributed by atoms with Crippen molar-refractivity contribution >= 4 is 31.0 Å². The lowest BCUT2D eigenvalue weighted by Gasteiger charge is -2.22. The van der Waals surface area contributed by atoms with Crippen molar-refractivity contribution in [2.75, 3.05) is 12.8 Å². The van der Waals surface area contributed by atoms with E-state index in [1.165, 1.54) is 0 Å². The van der Waals surface area contributed by atoms with E-state index in [2.05, 4.69) is 17.9 Å². The van der Waals surface area contributed by atoms with Crippen LogP contribution in [0.5, 0.6) is 0 Å². The summed E-state index contributed by atoms with van der Waals surface area (Å²) in [5.41, 5.74) is -0.421. The van der Waals surface area contributed by atoms with Crippen LogP contribution < -0.4 is 5.32 Å². The first kappa shape index (κ1) is 15.5. The predicted octanol–water partition coefficient (Wildman–Crippen LogP) is 1.27. The van der Waals surface area contributed by atoms with Crippen LogP contribution >= 0.6 is 25.0 Å². The molecule has 0 aromatic carbocycles. The molecule has 0 aromatic heterocycles. The molecular weight excluding hydrogens is 210 g/mol. The fourth-order valence-electron chi connectivity index (χ4n) is 0.657. The van der Waals surface area contributed by atoms with Crippen molar-refractivity contribution < 1.29 is 9.53 Å². The van der Waals surface area contributed by atoms with Crippen molar-refractivity contribution in [1.29, 1.82) is 0 Å². The van der Waals surface area contributed by atoms with E-state index in [9.17, 15) is 4.79 Å². The maximum Gasteiger partial charge on any atom is 0.324 e. The summed E-state index contributed by atoms with van der Waals surface area (Å²) in [7, 11) is 1.71. The van der Waals surface area contributed by atoms with Gasteiger partial charge in [-0.15, -0.1) is 12.4 Å². The van der Waals surface area contributed by atoms with Gasteiger partial charge in [-0.1, -0.05) is 0 Å². The van der Waals surface area contributed by atoms with E-state index in [0.717, 1.165) is 0 Å². The van der Waals surface area contributed by atoms with Crippen molar-refractivity contribution in [3.05, 3.63) is 0 Å². The molecule has 0 rings (SSSR count). The number of hydrogen-bond donors (Lipinski definition) is 2. The van der Waals surface area contributed by atoms with Gasteiger partial charge in [0.05, 0.1) is 0 Å². The van der Waals surface area contributed by atoms with Crippen LogP contribution in [0.25, 0.3) is 0 Å². The molecule has 5 heteroatoms. The van der Waals surface area contributed by atoms with Crippen LogP contribution in [-0.4, -0.2) is 30.4 Å². The van der Waals surface area contributed by atoms with Gasteiger partial charge in [0.1, 0.15) is 11.6 Å². The van der Waals surface area contributed by atoms with Gasteiger partial charge < -0.3 is 10.1 Å². The number of ether oxygens (including phenoxy) is 1. The van der Waals surface area contributed by atoms with Gasteiger partial charge in [0.2, 0.25) is 0 Å². The number of rotatable bonds is 3. The molecule has 0 aliphatic rings. The number of thiol groups is 1. The van der Waals surface area contributed by atoms with Crippen LogP contribution in [0.3, 0.4) is 0 Å². The molecule has 0 spiro atoms. The molecule has 3 nitrogen and oxygen atoms in total. The van der Waals surface area contributed by atoms with Gasteiger partial charge in [-0.25, -0.2) is 0 Å². The van der Waals surface area contributed by atoms with Gasteiger partial charge in [0, 0.05) is 5.75 Å². The van der Waals surface area contributed by atoms with Gasteiger partial charge in [0.25, 0.3) is 0 Å². The maximum atomic E-state index is 11.3. The Hall–Kier alpha value is 0.0700. The molecular formula is C8H18ClNO2S. The molecule has 0 unspecified atom stereocenters. The lowest BCUT2D eigenvalue weighted by atomic mass is 10.2. The zero-order valence-electron chi connectivity index (χ0n) is 8.46. The van der Waals surface area contributed by atoms with E-state index in [4.69, 9.17) is 4.74 Å². The summed E-state index contributed by atoms with van der Waals surface area (Å²) < 4.78 is 5.13. The first-order valence-corrected chi connectivity index (χ1v) is 4.55. The molecule has 0 aliphatic carbocycles. The van der Waals surface area contributed by atoms with Gasteiger partial charge in [-0.2, -0.15) is 12.6 Å². The minimum absolute atomic E-state index is 0. The highest BCUT2D eigenvalue weighted by molar-refractivity contribution is 7.80. The fraction of sp³-hybridized carbons (Fsp3) is 0.875. The van der Waals surface area contributed by atoms with Crippen LogP contribution in [-0.2, 0) is 9.53 Å². The van der Waals surface area contributed by atoms with Crippen molar-refractivity contribution in [3.8, 4) is 0 Å². The summed E-state index contributed by atoms with van der Waals surface area (Å²) >= 11 is 4.02. The summed E-state index contributed by atoms with van der Waals surface area (Å²) in [6, 6.07) is -0.312. The van der Waals surface area contributed by atoms with Crippen molar-refractivity contribution in [2.24, 2.45) is 0 Å². The minimum Gasteiger partial charge on any atom is -0.459 e. The Kier molecular flexibility index (Phi) is 7.78. The Morgan fingerprint density at radius 3 is 2.23 bits per heavy atom. The SMILES string of the molecule is CN[C@H](CS)C(=O)OC(C)(C)C.Cl. The van der Waals surface area contributed by atoms with E-state index in [0.29, 0.717) is 5.75 Å². The monoisotopic (exact) mass is 227 g/mol. The molecule has 0 aliphatic heterocycles. The Balaban J connectivity index is 0. The minimum atomic E-state index is -0.421. The Labute approximate surface area is 91.4 Å². The molecule has 0 heterocycles. The first-order chi connectivity index (χ1) is 5.40. The Morgan fingerprint density at radius 1 is 1.54 bits per heavy atom. The zero-order chi connectivity index (χ0) is 9.78. The summed E-state index contributed by atoms with van der Waals surface area (Å²) in [5.74, 6) is 0.200. The van der Waals surface area contributed by atoms with Crippen LogP contribution in [0.1, 0.15) is 20.8 Å². The zero-order valence-corrected chi connectivity index (χ0v) is 10.2. The highest BCUT2D eigenvalue weighted by atomic mass is 35.5. The summed E-state index contributed by atoms with van der Waals surface area (Å²) in [6.45, 7) is 5.53. The molecule has 0 saturated heterocycles. The largest absolute Gasteiger partial charge is 0.459 e. The van der Waals surface area contributed by atoms with Crippen LogP contribution in [0.15, 0.2) is 0 Å². The number of halogens is 1. The van der Waals surface area contributed by atoms with Crippen LogP contribution in [0, 0.1) is 0 Å². The lowest BCUT2D eigenvalue weighted by molar-refractivity contribution is -0.156. The molecule has 0 aromatic rings. The number of likely N-dealkylation sites (N-methyl/N-ethyl adjacent to an activating group) is 1. The van der Waals surface area contributed by atoms with E-state index < -0.39 is 5.60 Å². The number of esters is 1. The van der Waals surface area contributed by atoms with Gasteiger partial charge in [-0.05, 0) is 27.8 Å². The number of carbonyl (C=O) groups excluding carboxylic acids is 1. The Morgan fingerprint density at radius 2 is 2.00 bits per heavy atom. The first-order valence-electron chi connectivity index (χ1n) is 3.91. The number of hydrogen-bond acceptors (Lipinski definition) is 4. The van der Waals surface area contributed by atoms with Crippen LogP contribution in [0.4, 0.5) is 0 Å². The molecule has 1 atom stereocenters. The molecule has 80 valence electrons. The topological polar surface area (TPSA) is 38.3 Å². The van der Waals surface area contributed by atoms with Gasteiger partial charge >= 0.3 is 5.97 Å². The second-order valence-corrected chi connectivity index (χ2v) is 3.92. The van der Waals surface area contributed by atoms with E-state index in [1.807, 2.05) is 20.8 Å². The average Bonchev–Trinajstić information content (AvgIpc) is 1.85. The van der Waals surface area contributed by atoms with Crippen LogP contribution in [0.2, 0.25) is 0 Å². The average molecular weight is 228 g/mol.